The van der Waals surface area contributed by atoms with Crippen molar-refractivity contribution in [3.8, 4) is 0 Å². The van der Waals surface area contributed by atoms with Crippen LogP contribution < -0.4 is 10.2 Å². The molecular weight excluding hydrogens is 331 g/mol. The van der Waals surface area contributed by atoms with Gasteiger partial charge >= 0.3 is 13.2 Å². The third-order valence-corrected chi connectivity index (χ3v) is 4.93. The van der Waals surface area contributed by atoms with Crippen LogP contribution in [-0.2, 0) is 12.8 Å². The fourth-order valence-corrected chi connectivity index (χ4v) is 3.63. The highest BCUT2D eigenvalue weighted by atomic mass is 19.2. The van der Waals surface area contributed by atoms with E-state index in [0.717, 1.165) is 57.6 Å². The Labute approximate surface area is 151 Å². The fraction of sp³-hybridized carbons (Fsp3) is 0.200. The average Bonchev–Trinajstić information content (AvgIpc) is 2.65. The van der Waals surface area contributed by atoms with Gasteiger partial charge in [0.25, 0.3) is 0 Å². The molecule has 0 saturated heterocycles. The van der Waals surface area contributed by atoms with Crippen molar-refractivity contribution in [1.29, 1.82) is 0 Å². The first-order valence-electron chi connectivity index (χ1n) is 8.80. The lowest BCUT2D eigenvalue weighted by molar-refractivity contribution is -0.541. The number of nitrogens with zero attached hydrogens (tertiary/aromatic N) is 2. The highest BCUT2D eigenvalue weighted by Crippen LogP contribution is 2.26. The van der Waals surface area contributed by atoms with E-state index < -0.39 is 7.40 Å². The monoisotopic (exact) mass is 350 g/mol. The van der Waals surface area contributed by atoms with Crippen LogP contribution in [0.5, 0.6) is 0 Å². The highest BCUT2D eigenvalue weighted by Gasteiger charge is 2.31. The number of nitrogens with two attached hydrogens (primary N) is 1. The predicted molar refractivity (Wildman–Crippen MR) is 102 cm³/mol. The molecule has 3 nitrogen and oxygen atoms in total. The molecule has 0 saturated carbocycles. The van der Waals surface area contributed by atoms with Gasteiger partial charge in [-0.15, -0.1) is 0 Å². The van der Waals surface area contributed by atoms with Crippen LogP contribution in [0.3, 0.4) is 0 Å². The normalized spacial score (nSPS) is 13.9. The van der Waals surface area contributed by atoms with E-state index in [9.17, 15) is 8.63 Å². The lowest BCUT2D eigenvalue weighted by Gasteiger charge is -2.15. The molecule has 0 unspecified atom stereocenters. The zero-order chi connectivity index (χ0) is 18.1. The first-order chi connectivity index (χ1) is 12.6. The largest absolute Gasteiger partial charge is 0.808 e. The first-order valence-corrected chi connectivity index (χ1v) is 8.80. The second-order valence-electron chi connectivity index (χ2n) is 6.62. The van der Waals surface area contributed by atoms with Crippen molar-refractivity contribution in [2.45, 2.75) is 25.7 Å². The SMILES string of the molecule is Nc1cccc2cccc(C=Nc3cc4c(c[n+]3B(F)F)CCCC4)c12. The van der Waals surface area contributed by atoms with Gasteiger partial charge in [-0.2, -0.15) is 0 Å². The van der Waals surface area contributed by atoms with Crippen molar-refractivity contribution >= 4 is 35.9 Å². The maximum Gasteiger partial charge on any atom is 0.808 e. The lowest BCUT2D eigenvalue weighted by atomic mass is 9.92. The quantitative estimate of drug-likeness (QED) is 0.431. The van der Waals surface area contributed by atoms with Gasteiger partial charge in [-0.25, -0.2) is 13.1 Å². The van der Waals surface area contributed by atoms with E-state index in [2.05, 4.69) is 4.99 Å². The maximum atomic E-state index is 13.5. The molecule has 6 heteroatoms. The molecule has 2 N–H and O–H groups in total. The number of hydrogen-bond donors (Lipinski definition) is 1. The van der Waals surface area contributed by atoms with Gasteiger partial charge in [0.15, 0.2) is 0 Å². The van der Waals surface area contributed by atoms with Crippen LogP contribution >= 0.6 is 0 Å². The van der Waals surface area contributed by atoms with Crippen LogP contribution in [0.15, 0.2) is 53.7 Å². The summed E-state index contributed by atoms with van der Waals surface area (Å²) in [7, 11) is -2.62. The van der Waals surface area contributed by atoms with Crippen LogP contribution in [0.1, 0.15) is 29.5 Å². The van der Waals surface area contributed by atoms with Crippen LogP contribution in [0.4, 0.5) is 20.1 Å². The molecule has 0 bridgehead atoms. The van der Waals surface area contributed by atoms with Crippen LogP contribution in [0.2, 0.25) is 0 Å². The molecule has 0 spiro atoms. The molecule has 130 valence electrons. The summed E-state index contributed by atoms with van der Waals surface area (Å²) in [6.45, 7) is 0. The van der Waals surface area contributed by atoms with Crippen LogP contribution in [-0.4, -0.2) is 13.6 Å². The molecule has 0 aliphatic heterocycles. The number of halogens is 2. The first kappa shape index (κ1) is 16.7. The molecule has 4 rings (SSSR count). The van der Waals surface area contributed by atoms with Crippen molar-refractivity contribution in [1.82, 2.24) is 0 Å². The Morgan fingerprint density at radius 1 is 1.04 bits per heavy atom. The number of aliphatic imine (C=N–C) groups is 1. The Bertz CT molecular complexity index is 997. The smallest absolute Gasteiger partial charge is 0.398 e. The van der Waals surface area contributed by atoms with Gasteiger partial charge in [0.2, 0.25) is 0 Å². The summed E-state index contributed by atoms with van der Waals surface area (Å²) in [5, 5.41) is 1.89. The highest BCUT2D eigenvalue weighted by molar-refractivity contribution is 6.32. The Morgan fingerprint density at radius 2 is 1.77 bits per heavy atom. The lowest BCUT2D eigenvalue weighted by Crippen LogP contribution is -2.46. The van der Waals surface area contributed by atoms with Gasteiger partial charge in [-0.1, -0.05) is 35.3 Å². The minimum absolute atomic E-state index is 0.271. The molecule has 0 atom stereocenters. The number of aromatic nitrogens is 1. The third-order valence-electron chi connectivity index (χ3n) is 4.93. The summed E-state index contributed by atoms with van der Waals surface area (Å²) >= 11 is 0. The van der Waals surface area contributed by atoms with E-state index in [4.69, 9.17) is 5.73 Å². The Morgan fingerprint density at radius 3 is 2.54 bits per heavy atom. The molecule has 0 fully saturated rings. The van der Waals surface area contributed by atoms with E-state index in [1.165, 1.54) is 0 Å². The number of rotatable bonds is 3. The number of nitrogen functional groups attached to an aromatic ring is 1. The number of anilines is 1. The zero-order valence-corrected chi connectivity index (χ0v) is 14.3. The molecular formula is C20H19BF2N3+. The number of benzene rings is 2. The summed E-state index contributed by atoms with van der Waals surface area (Å²) in [6, 6.07) is 13.3. The van der Waals surface area contributed by atoms with Crippen molar-refractivity contribution in [2.24, 2.45) is 4.99 Å². The summed E-state index contributed by atoms with van der Waals surface area (Å²) in [5.41, 5.74) is 9.70. The molecule has 1 heterocycles. The van der Waals surface area contributed by atoms with Gasteiger partial charge in [-0.05, 0) is 48.3 Å². The summed E-state index contributed by atoms with van der Waals surface area (Å²) in [6.07, 6.45) is 7.10. The molecule has 2 aromatic carbocycles. The van der Waals surface area contributed by atoms with Gasteiger partial charge in [-0.3, -0.25) is 0 Å². The van der Waals surface area contributed by atoms with Crippen LogP contribution in [0, 0.1) is 0 Å². The molecule has 26 heavy (non-hydrogen) atoms. The summed E-state index contributed by atoms with van der Waals surface area (Å²) in [5.74, 6) is 0.271. The Kier molecular flexibility index (Phi) is 4.41. The Hall–Kier alpha value is -2.76. The number of aryl methyl sites for hydroxylation is 2. The predicted octanol–water partition coefficient (Wildman–Crippen LogP) is 4.11. The number of fused-ring (bicyclic) bond motifs is 2. The van der Waals surface area contributed by atoms with Crippen molar-refractivity contribution in [3.05, 3.63) is 65.4 Å². The van der Waals surface area contributed by atoms with Gasteiger partial charge < -0.3 is 5.73 Å². The maximum absolute atomic E-state index is 13.5. The zero-order valence-electron chi connectivity index (χ0n) is 14.3. The Balaban J connectivity index is 1.80. The second kappa shape index (κ2) is 6.86. The van der Waals surface area contributed by atoms with Crippen LogP contribution in [0.25, 0.3) is 10.8 Å². The minimum atomic E-state index is -2.62. The molecule has 0 amide bonds. The van der Waals surface area contributed by atoms with E-state index in [0.29, 0.717) is 5.69 Å². The van der Waals surface area contributed by atoms with Gasteiger partial charge in [0.1, 0.15) is 6.21 Å². The van der Waals surface area contributed by atoms with Gasteiger partial charge in [0.05, 0.1) is 6.20 Å². The molecule has 1 aliphatic rings. The van der Waals surface area contributed by atoms with Crippen molar-refractivity contribution < 1.29 is 13.1 Å². The third kappa shape index (κ3) is 3.07. The minimum Gasteiger partial charge on any atom is -0.398 e. The summed E-state index contributed by atoms with van der Waals surface area (Å²) in [4.78, 5) is 4.40. The average molecular weight is 350 g/mol. The standard InChI is InChI=1S/C20H19BF2N3/c22-21(23)26-13-17-6-2-1-5-15(17)11-19(26)25-12-16-9-3-7-14-8-4-10-18(24)20(14)16/h3-4,7-13H,1-2,5-6,24H2/q+1. The van der Waals surface area contributed by atoms with Gasteiger partial charge in [0, 0.05) is 22.7 Å². The summed E-state index contributed by atoms with van der Waals surface area (Å²) < 4.78 is 28.0. The molecule has 0 radical (unpaired) electrons. The number of hydrogen-bond acceptors (Lipinski definition) is 2. The molecule has 1 aliphatic carbocycles. The van der Waals surface area contributed by atoms with E-state index in [1.807, 2.05) is 36.4 Å². The molecule has 3 aromatic rings. The molecule has 1 aromatic heterocycles. The number of pyridine rings is 1. The topological polar surface area (TPSA) is 42.3 Å². The van der Waals surface area contributed by atoms with E-state index >= 15 is 0 Å². The fourth-order valence-electron chi connectivity index (χ4n) is 3.63. The van der Waals surface area contributed by atoms with E-state index in [-0.39, 0.29) is 5.82 Å². The van der Waals surface area contributed by atoms with Crippen molar-refractivity contribution in [3.63, 3.8) is 0 Å². The van der Waals surface area contributed by atoms with E-state index in [1.54, 1.807) is 18.5 Å². The van der Waals surface area contributed by atoms with Crippen molar-refractivity contribution in [2.75, 3.05) is 5.73 Å². The second-order valence-corrected chi connectivity index (χ2v) is 6.62.